The van der Waals surface area contributed by atoms with Crippen LogP contribution >= 0.6 is 0 Å². The van der Waals surface area contributed by atoms with Gasteiger partial charge in [0.1, 0.15) is 0 Å². The minimum Gasteiger partial charge on any atom is -0.412 e. The highest BCUT2D eigenvalue weighted by molar-refractivity contribution is 4.94. The fourth-order valence-electron chi connectivity index (χ4n) is 5.81. The van der Waals surface area contributed by atoms with E-state index in [0.717, 1.165) is 37.5 Å². The van der Waals surface area contributed by atoms with Gasteiger partial charge in [0.05, 0.1) is 12.2 Å². The van der Waals surface area contributed by atoms with Crippen LogP contribution in [0.3, 0.4) is 0 Å². The van der Waals surface area contributed by atoms with Gasteiger partial charge >= 0.3 is 0 Å². The van der Waals surface area contributed by atoms with E-state index in [-0.39, 0.29) is 34.0 Å². The average molecular weight is 389 g/mol. The third kappa shape index (κ3) is 6.42. The largest absolute Gasteiger partial charge is 0.412 e. The summed E-state index contributed by atoms with van der Waals surface area (Å²) in [6, 6.07) is 0. The van der Waals surface area contributed by atoms with E-state index in [9.17, 15) is 10.2 Å². The molecule has 0 amide bonds. The number of aliphatic hydroxyl groups excluding tert-OH is 2. The van der Waals surface area contributed by atoms with Crippen LogP contribution in [0.25, 0.3) is 0 Å². The molecule has 0 aromatic heterocycles. The molecule has 8 unspecified atom stereocenters. The molecule has 0 aromatic rings. The normalized spacial score (nSPS) is 40.7. The Hall–Kier alpha value is -0.160. The van der Waals surface area contributed by atoms with Crippen LogP contribution in [0.4, 0.5) is 0 Å². The zero-order valence-electron chi connectivity index (χ0n) is 19.0. The van der Waals surface area contributed by atoms with Gasteiger partial charge < -0.3 is 21.2 Å². The van der Waals surface area contributed by atoms with Crippen LogP contribution in [0.2, 0.25) is 0 Å². The molecule has 0 radical (unpaired) electrons. The topological polar surface area (TPSA) is 103 Å². The third-order valence-corrected chi connectivity index (χ3v) is 7.71. The summed E-state index contributed by atoms with van der Waals surface area (Å²) in [5.74, 6) is 3.49. The molecule has 0 aromatic carbocycles. The highest BCUT2D eigenvalue weighted by Crippen LogP contribution is 2.49. The lowest BCUT2D eigenvalue weighted by Crippen LogP contribution is -2.44. The molecule has 0 heterocycles. The molecule has 4 heteroatoms. The number of rotatable bonds is 2. The van der Waals surface area contributed by atoms with Crippen molar-refractivity contribution in [1.29, 1.82) is 0 Å². The highest BCUT2D eigenvalue weighted by atomic mass is 16.3. The first kappa shape index (κ1) is 26.8. The zero-order valence-corrected chi connectivity index (χ0v) is 19.0. The van der Waals surface area contributed by atoms with Gasteiger partial charge in [-0.3, -0.25) is 0 Å². The van der Waals surface area contributed by atoms with Crippen LogP contribution in [-0.4, -0.2) is 33.4 Å². The van der Waals surface area contributed by atoms with Gasteiger partial charge in [-0.15, -0.1) is 0 Å². The molecular weight excluding hydrogens is 340 g/mol. The van der Waals surface area contributed by atoms with Crippen LogP contribution < -0.4 is 0 Å². The van der Waals surface area contributed by atoms with Crippen LogP contribution in [0, 0.1) is 46.3 Å². The fraction of sp³-hybridized carbons (Fsp3) is 1.00. The lowest BCUT2D eigenvalue weighted by Gasteiger charge is -2.48. The van der Waals surface area contributed by atoms with Crippen molar-refractivity contribution in [3.05, 3.63) is 0 Å². The third-order valence-electron chi connectivity index (χ3n) is 7.71. The van der Waals surface area contributed by atoms with Crippen LogP contribution in [0.15, 0.2) is 0 Å². The van der Waals surface area contributed by atoms with E-state index in [1.54, 1.807) is 0 Å². The van der Waals surface area contributed by atoms with E-state index >= 15 is 0 Å². The Labute approximate surface area is 167 Å². The van der Waals surface area contributed by atoms with Gasteiger partial charge in [-0.2, -0.15) is 0 Å². The minimum absolute atomic E-state index is 0. The van der Waals surface area contributed by atoms with E-state index in [1.807, 2.05) is 0 Å². The van der Waals surface area contributed by atoms with Crippen molar-refractivity contribution >= 4 is 0 Å². The van der Waals surface area contributed by atoms with E-state index < -0.39 is 0 Å². The van der Waals surface area contributed by atoms with Crippen molar-refractivity contribution in [1.82, 2.24) is 0 Å². The quantitative estimate of drug-likeness (QED) is 0.750. The highest BCUT2D eigenvalue weighted by Gasteiger charge is 2.44. The first-order chi connectivity index (χ1) is 11.3. The molecule has 0 saturated heterocycles. The lowest BCUT2D eigenvalue weighted by atomic mass is 9.59. The Morgan fingerprint density at radius 2 is 0.926 bits per heavy atom. The molecule has 6 N–H and O–H groups in total. The van der Waals surface area contributed by atoms with Crippen molar-refractivity contribution in [3.63, 3.8) is 0 Å². The lowest BCUT2D eigenvalue weighted by molar-refractivity contribution is -0.0568. The molecule has 0 spiro atoms. The zero-order chi connectivity index (χ0) is 19.2. The van der Waals surface area contributed by atoms with Crippen molar-refractivity contribution in [2.45, 2.75) is 99.7 Å². The SMILES string of the molecule is CC1CC(O)C(C(C)(C)C)CC1CC1CC(C(C)(C)C)C(O)CC1C.O.O. The molecule has 0 aliphatic heterocycles. The summed E-state index contributed by atoms with van der Waals surface area (Å²) in [7, 11) is 0. The predicted octanol–water partition coefficient (Wildman–Crippen LogP) is 3.87. The molecular formula is C23H48O4. The van der Waals surface area contributed by atoms with Gasteiger partial charge in [-0.05, 0) is 78.4 Å². The monoisotopic (exact) mass is 388 g/mol. The second kappa shape index (κ2) is 9.56. The molecule has 164 valence electrons. The second-order valence-electron chi connectivity index (χ2n) is 11.7. The predicted molar refractivity (Wildman–Crippen MR) is 114 cm³/mol. The summed E-state index contributed by atoms with van der Waals surface area (Å²) in [4.78, 5) is 0. The van der Waals surface area contributed by atoms with Gasteiger partial charge in [0, 0.05) is 0 Å². The van der Waals surface area contributed by atoms with Crippen LogP contribution in [-0.2, 0) is 0 Å². The van der Waals surface area contributed by atoms with Gasteiger partial charge in [0.15, 0.2) is 0 Å². The Bertz CT molecular complexity index is 397. The van der Waals surface area contributed by atoms with Gasteiger partial charge in [0.2, 0.25) is 0 Å². The molecule has 2 aliphatic rings. The number of hydrogen-bond acceptors (Lipinski definition) is 2. The molecule has 0 bridgehead atoms. The summed E-state index contributed by atoms with van der Waals surface area (Å²) >= 11 is 0. The maximum Gasteiger partial charge on any atom is 0.0576 e. The molecule has 2 saturated carbocycles. The van der Waals surface area contributed by atoms with Crippen molar-refractivity contribution in [3.8, 4) is 0 Å². The smallest absolute Gasteiger partial charge is 0.0576 e. The number of hydrogen-bond donors (Lipinski definition) is 2. The van der Waals surface area contributed by atoms with Gasteiger partial charge in [-0.1, -0.05) is 55.4 Å². The molecule has 2 rings (SSSR count). The van der Waals surface area contributed by atoms with Gasteiger partial charge in [-0.25, -0.2) is 0 Å². The molecule has 27 heavy (non-hydrogen) atoms. The summed E-state index contributed by atoms with van der Waals surface area (Å²) in [6.07, 6.45) is 5.24. The standard InChI is InChI=1S/C23H44O2.2H2O/c1-14-9-20(24)18(22(3,4)5)12-16(14)11-17-13-19(23(6,7)8)21(25)10-15(17)2;;/h14-21,24-25H,9-13H2,1-8H3;2*1H2. The summed E-state index contributed by atoms with van der Waals surface area (Å²) in [5, 5.41) is 21.2. The maximum absolute atomic E-state index is 10.6. The first-order valence-electron chi connectivity index (χ1n) is 10.7. The molecule has 2 fully saturated rings. The number of aliphatic hydroxyl groups is 2. The fourth-order valence-corrected chi connectivity index (χ4v) is 5.81. The Morgan fingerprint density at radius 1 is 0.630 bits per heavy atom. The Morgan fingerprint density at radius 3 is 1.19 bits per heavy atom. The van der Waals surface area contributed by atoms with Gasteiger partial charge in [0.25, 0.3) is 0 Å². The second-order valence-corrected chi connectivity index (χ2v) is 11.7. The Kier molecular flexibility index (Phi) is 9.50. The van der Waals surface area contributed by atoms with Crippen molar-refractivity contribution in [2.75, 3.05) is 0 Å². The molecule has 8 atom stereocenters. The summed E-state index contributed by atoms with van der Waals surface area (Å²) in [5.41, 5.74) is 0.361. The first-order valence-corrected chi connectivity index (χ1v) is 10.7. The van der Waals surface area contributed by atoms with Crippen LogP contribution in [0.1, 0.15) is 87.5 Å². The van der Waals surface area contributed by atoms with E-state index in [0.29, 0.717) is 23.7 Å². The summed E-state index contributed by atoms with van der Waals surface area (Å²) < 4.78 is 0. The van der Waals surface area contributed by atoms with Crippen molar-refractivity contribution in [2.24, 2.45) is 46.3 Å². The van der Waals surface area contributed by atoms with E-state index in [2.05, 4.69) is 55.4 Å². The molecule has 4 nitrogen and oxygen atoms in total. The minimum atomic E-state index is -0.140. The average Bonchev–Trinajstić information content (AvgIpc) is 2.41. The van der Waals surface area contributed by atoms with Crippen LogP contribution in [0.5, 0.6) is 0 Å². The van der Waals surface area contributed by atoms with E-state index in [1.165, 1.54) is 6.42 Å². The maximum atomic E-state index is 10.6. The Balaban J connectivity index is 0.00000338. The van der Waals surface area contributed by atoms with E-state index in [4.69, 9.17) is 0 Å². The van der Waals surface area contributed by atoms with Crippen molar-refractivity contribution < 1.29 is 21.2 Å². The molecule has 2 aliphatic carbocycles. The summed E-state index contributed by atoms with van der Waals surface area (Å²) in [6.45, 7) is 18.4.